The molecule has 2 saturated heterocycles. The summed E-state index contributed by atoms with van der Waals surface area (Å²) in [5.41, 5.74) is 3.45. The number of benzene rings is 2. The van der Waals surface area contributed by atoms with E-state index in [2.05, 4.69) is 29.3 Å². The van der Waals surface area contributed by atoms with Gasteiger partial charge in [0.1, 0.15) is 0 Å². The molecule has 2 aromatic rings. The summed E-state index contributed by atoms with van der Waals surface area (Å²) in [5.74, 6) is 0.823. The predicted octanol–water partition coefficient (Wildman–Crippen LogP) is 4.30. The van der Waals surface area contributed by atoms with E-state index in [0.717, 1.165) is 43.3 Å². The average Bonchev–Trinajstić information content (AvgIpc) is 3.15. The molecule has 0 radical (unpaired) electrons. The molecule has 146 valence electrons. The maximum Gasteiger partial charge on any atom is 0.255 e. The molecule has 2 amide bonds. The number of nitrogens with zero attached hydrogens (tertiary/aromatic N) is 2. The Kier molecular flexibility index (Phi) is 5.33. The van der Waals surface area contributed by atoms with Gasteiger partial charge >= 0.3 is 0 Å². The van der Waals surface area contributed by atoms with Gasteiger partial charge < -0.3 is 15.1 Å². The highest BCUT2D eigenvalue weighted by molar-refractivity contribution is 6.05. The number of carbonyl (C=O) groups excluding carboxylic acids is 2. The zero-order valence-corrected chi connectivity index (χ0v) is 16.4. The van der Waals surface area contributed by atoms with E-state index in [1.165, 1.54) is 18.5 Å². The maximum absolute atomic E-state index is 12.5. The Bertz CT molecular complexity index is 837. The highest BCUT2D eigenvalue weighted by atomic mass is 16.2. The molecule has 2 aliphatic rings. The lowest BCUT2D eigenvalue weighted by Crippen LogP contribution is -2.32. The van der Waals surface area contributed by atoms with Crippen molar-refractivity contribution >= 4 is 28.9 Å². The Morgan fingerprint density at radius 3 is 2.18 bits per heavy atom. The lowest BCUT2D eigenvalue weighted by atomic mass is 9.99. The topological polar surface area (TPSA) is 52.7 Å². The summed E-state index contributed by atoms with van der Waals surface area (Å²) in [6.45, 7) is 5.26. The van der Waals surface area contributed by atoms with Gasteiger partial charge in [-0.15, -0.1) is 0 Å². The van der Waals surface area contributed by atoms with E-state index in [9.17, 15) is 9.59 Å². The van der Waals surface area contributed by atoms with Crippen molar-refractivity contribution in [2.45, 2.75) is 32.6 Å². The first-order chi connectivity index (χ1) is 13.6. The smallest absolute Gasteiger partial charge is 0.255 e. The van der Waals surface area contributed by atoms with Crippen LogP contribution in [0.5, 0.6) is 0 Å². The summed E-state index contributed by atoms with van der Waals surface area (Å²) < 4.78 is 0. The molecule has 2 aliphatic heterocycles. The molecule has 0 bridgehead atoms. The van der Waals surface area contributed by atoms with Crippen LogP contribution in [-0.4, -0.2) is 31.4 Å². The van der Waals surface area contributed by atoms with Gasteiger partial charge in [0, 0.05) is 48.7 Å². The van der Waals surface area contributed by atoms with Crippen LogP contribution in [0, 0.1) is 5.92 Å². The Labute approximate surface area is 166 Å². The zero-order chi connectivity index (χ0) is 19.5. The molecule has 2 fully saturated rings. The molecule has 1 N–H and O–H groups in total. The van der Waals surface area contributed by atoms with Gasteiger partial charge in [-0.1, -0.05) is 6.92 Å². The van der Waals surface area contributed by atoms with Crippen molar-refractivity contribution in [2.24, 2.45) is 5.92 Å². The van der Waals surface area contributed by atoms with Gasteiger partial charge in [-0.3, -0.25) is 9.59 Å². The molecule has 4 rings (SSSR count). The minimum Gasteiger partial charge on any atom is -0.372 e. The van der Waals surface area contributed by atoms with Crippen LogP contribution in [-0.2, 0) is 4.79 Å². The molecule has 28 heavy (non-hydrogen) atoms. The van der Waals surface area contributed by atoms with Crippen molar-refractivity contribution in [3.63, 3.8) is 0 Å². The van der Waals surface area contributed by atoms with Gasteiger partial charge in [0.15, 0.2) is 0 Å². The highest BCUT2D eigenvalue weighted by Crippen LogP contribution is 2.25. The van der Waals surface area contributed by atoms with Crippen LogP contribution in [0.3, 0.4) is 0 Å². The number of hydrogen-bond acceptors (Lipinski definition) is 3. The first kappa shape index (κ1) is 18.5. The van der Waals surface area contributed by atoms with Gasteiger partial charge in [0.2, 0.25) is 5.91 Å². The van der Waals surface area contributed by atoms with Crippen LogP contribution in [0.15, 0.2) is 48.5 Å². The number of anilines is 3. The summed E-state index contributed by atoms with van der Waals surface area (Å²) in [7, 11) is 0. The summed E-state index contributed by atoms with van der Waals surface area (Å²) in [6.07, 6.45) is 3.97. The Morgan fingerprint density at radius 1 is 0.929 bits per heavy atom. The molecular formula is C23H27N3O2. The van der Waals surface area contributed by atoms with Gasteiger partial charge in [-0.2, -0.15) is 0 Å². The fourth-order valence-corrected chi connectivity index (χ4v) is 3.94. The predicted molar refractivity (Wildman–Crippen MR) is 113 cm³/mol. The number of rotatable bonds is 4. The van der Waals surface area contributed by atoms with Crippen molar-refractivity contribution < 1.29 is 9.59 Å². The second kappa shape index (κ2) is 8.05. The van der Waals surface area contributed by atoms with Gasteiger partial charge in [-0.05, 0) is 73.7 Å². The number of nitrogens with one attached hydrogen (secondary N) is 1. The summed E-state index contributed by atoms with van der Waals surface area (Å²) in [5, 5.41) is 2.96. The second-order valence-electron chi connectivity index (χ2n) is 7.87. The van der Waals surface area contributed by atoms with Crippen LogP contribution in [0.25, 0.3) is 0 Å². The molecule has 2 aromatic carbocycles. The molecule has 0 aromatic heterocycles. The highest BCUT2D eigenvalue weighted by Gasteiger charge is 2.21. The monoisotopic (exact) mass is 377 g/mol. The standard InChI is InChI=1S/C23H27N3O2/c1-17-12-15-25(16-13-17)20-10-6-19(7-11-20)24-23(28)18-4-8-21(9-5-18)26-14-2-3-22(26)27/h4-11,17H,2-3,12-16H2,1H3,(H,24,28). The Morgan fingerprint density at radius 2 is 1.57 bits per heavy atom. The van der Waals surface area contributed by atoms with Crippen LogP contribution in [0.2, 0.25) is 0 Å². The average molecular weight is 377 g/mol. The second-order valence-corrected chi connectivity index (χ2v) is 7.87. The van der Waals surface area contributed by atoms with E-state index >= 15 is 0 Å². The molecular weight excluding hydrogens is 350 g/mol. The number of piperidine rings is 1. The molecule has 0 saturated carbocycles. The van der Waals surface area contributed by atoms with E-state index in [-0.39, 0.29) is 11.8 Å². The quantitative estimate of drug-likeness (QED) is 0.864. The van der Waals surface area contributed by atoms with E-state index in [1.54, 1.807) is 17.0 Å². The zero-order valence-electron chi connectivity index (χ0n) is 16.4. The minimum absolute atomic E-state index is 0.140. The van der Waals surface area contributed by atoms with Crippen LogP contribution in [0.4, 0.5) is 17.1 Å². The van der Waals surface area contributed by atoms with E-state index < -0.39 is 0 Å². The van der Waals surface area contributed by atoms with Crippen LogP contribution < -0.4 is 15.1 Å². The number of carbonyl (C=O) groups is 2. The fourth-order valence-electron chi connectivity index (χ4n) is 3.94. The molecule has 0 unspecified atom stereocenters. The maximum atomic E-state index is 12.5. The van der Waals surface area contributed by atoms with E-state index in [1.807, 2.05) is 24.3 Å². The fraction of sp³-hybridized carbons (Fsp3) is 0.391. The largest absolute Gasteiger partial charge is 0.372 e. The molecule has 2 heterocycles. The summed E-state index contributed by atoms with van der Waals surface area (Å²) in [6, 6.07) is 15.3. The first-order valence-corrected chi connectivity index (χ1v) is 10.2. The molecule has 5 nitrogen and oxygen atoms in total. The Hall–Kier alpha value is -2.82. The third kappa shape index (κ3) is 4.03. The first-order valence-electron chi connectivity index (χ1n) is 10.2. The van der Waals surface area contributed by atoms with Gasteiger partial charge in [0.25, 0.3) is 5.91 Å². The van der Waals surface area contributed by atoms with Crippen molar-refractivity contribution in [1.29, 1.82) is 0 Å². The van der Waals surface area contributed by atoms with Crippen molar-refractivity contribution in [2.75, 3.05) is 34.8 Å². The molecule has 5 heteroatoms. The van der Waals surface area contributed by atoms with Gasteiger partial charge in [-0.25, -0.2) is 0 Å². The molecule has 0 aliphatic carbocycles. The number of amides is 2. The Balaban J connectivity index is 1.37. The molecule has 0 atom stereocenters. The number of hydrogen-bond donors (Lipinski definition) is 1. The van der Waals surface area contributed by atoms with Gasteiger partial charge in [0.05, 0.1) is 0 Å². The van der Waals surface area contributed by atoms with Crippen LogP contribution in [0.1, 0.15) is 43.0 Å². The van der Waals surface area contributed by atoms with Crippen LogP contribution >= 0.6 is 0 Å². The third-order valence-corrected chi connectivity index (χ3v) is 5.79. The van der Waals surface area contributed by atoms with E-state index in [4.69, 9.17) is 0 Å². The van der Waals surface area contributed by atoms with Crippen molar-refractivity contribution in [3.05, 3.63) is 54.1 Å². The summed E-state index contributed by atoms with van der Waals surface area (Å²) in [4.78, 5) is 28.6. The lowest BCUT2D eigenvalue weighted by Gasteiger charge is -2.32. The van der Waals surface area contributed by atoms with E-state index in [0.29, 0.717) is 12.0 Å². The summed E-state index contributed by atoms with van der Waals surface area (Å²) >= 11 is 0. The SMILES string of the molecule is CC1CCN(c2ccc(NC(=O)c3ccc(N4CCCC4=O)cc3)cc2)CC1. The normalized spacial score (nSPS) is 17.8. The molecule has 0 spiro atoms. The van der Waals surface area contributed by atoms with Crippen molar-refractivity contribution in [1.82, 2.24) is 0 Å². The van der Waals surface area contributed by atoms with Crippen molar-refractivity contribution in [3.8, 4) is 0 Å². The third-order valence-electron chi connectivity index (χ3n) is 5.79. The lowest BCUT2D eigenvalue weighted by molar-refractivity contribution is -0.117. The minimum atomic E-state index is -0.140.